The van der Waals surface area contributed by atoms with E-state index in [2.05, 4.69) is 23.5 Å². The smallest absolute Gasteiger partial charge is 0.240 e. The summed E-state index contributed by atoms with van der Waals surface area (Å²) in [5.41, 5.74) is 0. The lowest BCUT2D eigenvalue weighted by atomic mass is 10.0. The van der Waals surface area contributed by atoms with Crippen LogP contribution in [0, 0.1) is 5.92 Å². The molecule has 1 saturated heterocycles. The number of benzene rings is 1. The molecule has 1 heterocycles. The van der Waals surface area contributed by atoms with Gasteiger partial charge in [0.25, 0.3) is 0 Å². The average Bonchev–Trinajstić information content (AvgIpc) is 3.12. The molecule has 1 N–H and O–H groups in total. The van der Waals surface area contributed by atoms with Gasteiger partial charge in [0.15, 0.2) is 11.5 Å². The fourth-order valence-electron chi connectivity index (χ4n) is 3.29. The van der Waals surface area contributed by atoms with E-state index in [1.807, 2.05) is 0 Å². The molecule has 0 spiro atoms. The highest BCUT2D eigenvalue weighted by molar-refractivity contribution is 7.89. The van der Waals surface area contributed by atoms with Gasteiger partial charge in [-0.25, -0.2) is 13.1 Å². The van der Waals surface area contributed by atoms with Gasteiger partial charge in [0.2, 0.25) is 10.0 Å². The second-order valence-corrected chi connectivity index (χ2v) is 8.66. The highest BCUT2D eigenvalue weighted by Gasteiger charge is 2.25. The van der Waals surface area contributed by atoms with Crippen LogP contribution in [0.3, 0.4) is 0 Å². The quantitative estimate of drug-likeness (QED) is 0.723. The van der Waals surface area contributed by atoms with Crippen molar-refractivity contribution < 1.29 is 17.9 Å². The van der Waals surface area contributed by atoms with Gasteiger partial charge in [-0.05, 0) is 50.4 Å². The maximum Gasteiger partial charge on any atom is 0.240 e. The number of methoxy groups -OCH3 is 2. The molecule has 1 unspecified atom stereocenters. The number of hydrogen-bond donors (Lipinski definition) is 1. The van der Waals surface area contributed by atoms with E-state index in [4.69, 9.17) is 9.47 Å². The first-order chi connectivity index (χ1) is 11.9. The van der Waals surface area contributed by atoms with Crippen LogP contribution < -0.4 is 14.2 Å². The first-order valence-corrected chi connectivity index (χ1v) is 10.3. The van der Waals surface area contributed by atoms with Crippen molar-refractivity contribution in [2.24, 2.45) is 5.92 Å². The molecule has 1 atom stereocenters. The van der Waals surface area contributed by atoms with Crippen LogP contribution in [-0.4, -0.2) is 53.2 Å². The van der Waals surface area contributed by atoms with Gasteiger partial charge in [-0.1, -0.05) is 13.8 Å². The number of ether oxygens (including phenoxy) is 2. The molecular formula is C18H30N2O4S. The Morgan fingerprint density at radius 3 is 2.32 bits per heavy atom. The first kappa shape index (κ1) is 20.0. The lowest BCUT2D eigenvalue weighted by Gasteiger charge is -2.29. The van der Waals surface area contributed by atoms with Crippen molar-refractivity contribution >= 4 is 10.0 Å². The van der Waals surface area contributed by atoms with Crippen LogP contribution in [-0.2, 0) is 10.0 Å². The Bertz CT molecular complexity index is 655. The van der Waals surface area contributed by atoms with Crippen LogP contribution in [0.5, 0.6) is 11.5 Å². The molecule has 1 aromatic rings. The van der Waals surface area contributed by atoms with E-state index in [1.165, 1.54) is 39.2 Å². The molecule has 0 radical (unpaired) electrons. The summed E-state index contributed by atoms with van der Waals surface area (Å²) in [6.07, 6.45) is 3.36. The third-order valence-corrected chi connectivity index (χ3v) is 6.00. The van der Waals surface area contributed by atoms with Crippen molar-refractivity contribution in [1.29, 1.82) is 0 Å². The predicted molar refractivity (Wildman–Crippen MR) is 98.8 cm³/mol. The highest BCUT2D eigenvalue weighted by Crippen LogP contribution is 2.29. The number of likely N-dealkylation sites (tertiary alicyclic amines) is 1. The van der Waals surface area contributed by atoms with E-state index < -0.39 is 10.0 Å². The molecule has 1 aliphatic rings. The fraction of sp³-hybridized carbons (Fsp3) is 0.667. The number of nitrogens with zero attached hydrogens (tertiary/aromatic N) is 1. The Balaban J connectivity index is 2.11. The highest BCUT2D eigenvalue weighted by atomic mass is 32.2. The molecule has 0 saturated carbocycles. The van der Waals surface area contributed by atoms with Crippen LogP contribution in [0.4, 0.5) is 0 Å². The molecule has 0 bridgehead atoms. The number of sulfonamides is 1. The van der Waals surface area contributed by atoms with Gasteiger partial charge in [0.05, 0.1) is 19.1 Å². The predicted octanol–water partition coefficient (Wildman–Crippen LogP) is 2.49. The summed E-state index contributed by atoms with van der Waals surface area (Å²) < 4.78 is 38.5. The summed E-state index contributed by atoms with van der Waals surface area (Å²) >= 11 is 0. The van der Waals surface area contributed by atoms with Crippen LogP contribution in [0.15, 0.2) is 23.1 Å². The molecule has 0 aliphatic carbocycles. The zero-order valence-corrected chi connectivity index (χ0v) is 16.4. The fourth-order valence-corrected chi connectivity index (χ4v) is 4.37. The largest absolute Gasteiger partial charge is 0.493 e. The van der Waals surface area contributed by atoms with Crippen molar-refractivity contribution in [3.05, 3.63) is 18.2 Å². The molecule has 6 nitrogen and oxygen atoms in total. The van der Waals surface area contributed by atoms with Gasteiger partial charge in [-0.3, -0.25) is 4.90 Å². The van der Waals surface area contributed by atoms with Crippen molar-refractivity contribution in [2.45, 2.75) is 44.0 Å². The molecule has 25 heavy (non-hydrogen) atoms. The lowest BCUT2D eigenvalue weighted by Crippen LogP contribution is -2.43. The second-order valence-electron chi connectivity index (χ2n) is 6.90. The monoisotopic (exact) mass is 370 g/mol. The van der Waals surface area contributed by atoms with Crippen molar-refractivity contribution in [1.82, 2.24) is 9.62 Å². The van der Waals surface area contributed by atoms with Gasteiger partial charge >= 0.3 is 0 Å². The van der Waals surface area contributed by atoms with E-state index in [9.17, 15) is 8.42 Å². The van der Waals surface area contributed by atoms with Gasteiger partial charge in [0, 0.05) is 18.7 Å². The Kier molecular flexibility index (Phi) is 7.10. The molecule has 0 amide bonds. The second kappa shape index (κ2) is 8.87. The minimum absolute atomic E-state index is 0.190. The maximum absolute atomic E-state index is 12.7. The van der Waals surface area contributed by atoms with E-state index in [0.717, 1.165) is 19.5 Å². The van der Waals surface area contributed by atoms with Crippen molar-refractivity contribution in [3.63, 3.8) is 0 Å². The number of hydrogen-bond acceptors (Lipinski definition) is 5. The number of rotatable bonds is 9. The molecule has 1 aromatic carbocycles. The molecule has 2 rings (SSSR count). The van der Waals surface area contributed by atoms with Gasteiger partial charge in [0.1, 0.15) is 0 Å². The third-order valence-electron chi connectivity index (χ3n) is 4.57. The van der Waals surface area contributed by atoms with E-state index in [-0.39, 0.29) is 10.9 Å². The Labute approximate surface area is 151 Å². The normalized spacial score (nSPS) is 17.0. The SMILES string of the molecule is COc1ccc(S(=O)(=O)NCC(CC(C)C)N2CCCC2)cc1OC. The number of nitrogens with one attached hydrogen (secondary N) is 1. The summed E-state index contributed by atoms with van der Waals surface area (Å²) in [5.74, 6) is 1.44. The van der Waals surface area contributed by atoms with Gasteiger partial charge < -0.3 is 9.47 Å². The Morgan fingerprint density at radius 2 is 1.76 bits per heavy atom. The van der Waals surface area contributed by atoms with Crippen molar-refractivity contribution in [2.75, 3.05) is 33.9 Å². The standard InChI is InChI=1S/C18H30N2O4S/c1-14(2)11-15(20-9-5-6-10-20)13-19-25(21,22)16-7-8-17(23-3)18(12-16)24-4/h7-8,12,14-15,19H,5-6,9-11,13H2,1-4H3. The topological polar surface area (TPSA) is 67.9 Å². The summed E-state index contributed by atoms with van der Waals surface area (Å²) in [6, 6.07) is 4.88. The Morgan fingerprint density at radius 1 is 1.12 bits per heavy atom. The summed E-state index contributed by atoms with van der Waals surface area (Å²) in [6.45, 7) is 6.87. The summed E-state index contributed by atoms with van der Waals surface area (Å²) in [5, 5.41) is 0. The van der Waals surface area contributed by atoms with E-state index >= 15 is 0 Å². The molecule has 1 fully saturated rings. The average molecular weight is 371 g/mol. The van der Waals surface area contributed by atoms with Gasteiger partial charge in [-0.2, -0.15) is 0 Å². The molecule has 7 heteroatoms. The first-order valence-electron chi connectivity index (χ1n) is 8.83. The summed E-state index contributed by atoms with van der Waals surface area (Å²) in [7, 11) is -0.572. The third kappa shape index (κ3) is 5.33. The minimum Gasteiger partial charge on any atom is -0.493 e. The van der Waals surface area contributed by atoms with Crippen LogP contribution in [0.25, 0.3) is 0 Å². The van der Waals surface area contributed by atoms with Crippen molar-refractivity contribution in [3.8, 4) is 11.5 Å². The molecule has 142 valence electrons. The van der Waals surface area contributed by atoms with Gasteiger partial charge in [-0.15, -0.1) is 0 Å². The molecule has 0 aromatic heterocycles. The maximum atomic E-state index is 12.7. The van der Waals surface area contributed by atoms with E-state index in [1.54, 1.807) is 6.07 Å². The zero-order valence-electron chi connectivity index (χ0n) is 15.6. The molecular weight excluding hydrogens is 340 g/mol. The lowest BCUT2D eigenvalue weighted by molar-refractivity contribution is 0.214. The van der Waals surface area contributed by atoms with Crippen LogP contribution in [0.1, 0.15) is 33.1 Å². The van der Waals surface area contributed by atoms with E-state index in [0.29, 0.717) is 24.0 Å². The zero-order chi connectivity index (χ0) is 18.4. The summed E-state index contributed by atoms with van der Waals surface area (Å²) in [4.78, 5) is 2.59. The van der Waals surface area contributed by atoms with Crippen LogP contribution >= 0.6 is 0 Å². The van der Waals surface area contributed by atoms with Crippen LogP contribution in [0.2, 0.25) is 0 Å². The molecule has 1 aliphatic heterocycles. The minimum atomic E-state index is -3.59. The Hall–Kier alpha value is -1.31.